The van der Waals surface area contributed by atoms with Crippen LogP contribution in [0.25, 0.3) is 10.8 Å². The summed E-state index contributed by atoms with van der Waals surface area (Å²) in [6.45, 7) is -0.630. The van der Waals surface area contributed by atoms with Gasteiger partial charge in [-0.25, -0.2) is 0 Å². The van der Waals surface area contributed by atoms with Crippen molar-refractivity contribution in [1.82, 2.24) is 10.6 Å². The summed E-state index contributed by atoms with van der Waals surface area (Å²) >= 11 is 0. The molecule has 0 aliphatic carbocycles. The van der Waals surface area contributed by atoms with E-state index in [4.69, 9.17) is 4.74 Å². The van der Waals surface area contributed by atoms with Gasteiger partial charge in [0, 0.05) is 12.1 Å². The highest BCUT2D eigenvalue weighted by atomic mass is 16.5. The first-order valence-corrected chi connectivity index (χ1v) is 16.8. The number of allylic oxidation sites excluding steroid dienone is 2. The zero-order chi connectivity index (χ0) is 34.4. The van der Waals surface area contributed by atoms with Crippen LogP contribution in [0.5, 0.6) is 0 Å². The Morgan fingerprint density at radius 1 is 0.837 bits per heavy atom. The fourth-order valence-electron chi connectivity index (χ4n) is 5.98. The van der Waals surface area contributed by atoms with Crippen molar-refractivity contribution in [3.63, 3.8) is 0 Å². The van der Waals surface area contributed by atoms with Crippen molar-refractivity contribution in [1.29, 1.82) is 0 Å². The van der Waals surface area contributed by atoms with Gasteiger partial charge in [0.05, 0.1) is 24.5 Å². The molecular weight excluding hydrogens is 618 g/mol. The summed E-state index contributed by atoms with van der Waals surface area (Å²) in [6, 6.07) is 30.7. The second-order valence-corrected chi connectivity index (χ2v) is 12.5. The predicted molar refractivity (Wildman–Crippen MR) is 189 cm³/mol. The number of carbonyl (C=O) groups excluding carboxylic acids is 4. The van der Waals surface area contributed by atoms with Crippen molar-refractivity contribution in [3.05, 3.63) is 126 Å². The summed E-state index contributed by atoms with van der Waals surface area (Å²) in [5.41, 5.74) is 2.49. The number of cyclic esters (lactones) is 1. The van der Waals surface area contributed by atoms with Gasteiger partial charge in [-0.15, -0.1) is 0 Å². The molecule has 0 radical (unpaired) electrons. The fraction of sp³-hybridized carbons (Fsp3) is 0.300. The van der Waals surface area contributed by atoms with Gasteiger partial charge in [0.25, 0.3) is 5.91 Å². The highest BCUT2D eigenvalue weighted by Crippen LogP contribution is 2.21. The fourth-order valence-corrected chi connectivity index (χ4v) is 5.98. The van der Waals surface area contributed by atoms with E-state index in [0.29, 0.717) is 31.4 Å². The molecule has 4 N–H and O–H groups in total. The maximum absolute atomic E-state index is 13.7. The third kappa shape index (κ3) is 10.6. The minimum absolute atomic E-state index is 0.156. The Balaban J connectivity index is 1.33. The van der Waals surface area contributed by atoms with E-state index in [0.717, 1.165) is 21.9 Å². The van der Waals surface area contributed by atoms with Crippen LogP contribution in [-0.2, 0) is 36.8 Å². The summed E-state index contributed by atoms with van der Waals surface area (Å²) < 4.78 is 5.72. The van der Waals surface area contributed by atoms with E-state index in [9.17, 15) is 24.3 Å². The van der Waals surface area contributed by atoms with Crippen molar-refractivity contribution >= 4 is 40.2 Å². The molecule has 3 amide bonds. The van der Waals surface area contributed by atoms with Crippen LogP contribution >= 0.6 is 0 Å². The molecule has 0 saturated carbocycles. The molecular formula is C40H43N3O6. The molecule has 4 unspecified atom stereocenters. The summed E-state index contributed by atoms with van der Waals surface area (Å²) in [5.74, 6) is -3.15. The molecule has 9 nitrogen and oxygen atoms in total. The van der Waals surface area contributed by atoms with Crippen LogP contribution in [0.15, 0.2) is 115 Å². The average molecular weight is 662 g/mol. The number of rotatable bonds is 10. The predicted octanol–water partition coefficient (Wildman–Crippen LogP) is 5.13. The molecule has 1 aliphatic heterocycles. The van der Waals surface area contributed by atoms with Crippen molar-refractivity contribution in [2.45, 2.75) is 50.6 Å². The van der Waals surface area contributed by atoms with Gasteiger partial charge in [-0.1, -0.05) is 103 Å². The number of hydrogen-bond acceptors (Lipinski definition) is 6. The van der Waals surface area contributed by atoms with Crippen LogP contribution in [0.3, 0.4) is 0 Å². The highest BCUT2D eigenvalue weighted by Gasteiger charge is 2.30. The maximum atomic E-state index is 13.7. The van der Waals surface area contributed by atoms with E-state index in [-0.39, 0.29) is 32.0 Å². The lowest BCUT2D eigenvalue weighted by Gasteiger charge is -2.23. The van der Waals surface area contributed by atoms with E-state index < -0.39 is 41.7 Å². The minimum Gasteiger partial charge on any atom is -0.463 e. The lowest BCUT2D eigenvalue weighted by atomic mass is 9.94. The van der Waals surface area contributed by atoms with Crippen molar-refractivity contribution in [2.75, 3.05) is 18.5 Å². The Labute approximate surface area is 286 Å². The highest BCUT2D eigenvalue weighted by molar-refractivity contribution is 5.99. The Morgan fingerprint density at radius 2 is 1.53 bits per heavy atom. The van der Waals surface area contributed by atoms with E-state index in [2.05, 4.69) is 16.0 Å². The molecule has 5 rings (SSSR count). The molecule has 1 heterocycles. The van der Waals surface area contributed by atoms with Gasteiger partial charge in [-0.2, -0.15) is 0 Å². The molecule has 0 spiro atoms. The van der Waals surface area contributed by atoms with Gasteiger partial charge >= 0.3 is 5.97 Å². The zero-order valence-electron chi connectivity index (χ0n) is 27.4. The van der Waals surface area contributed by atoms with Crippen LogP contribution in [0.4, 0.5) is 5.69 Å². The smallest absolute Gasteiger partial charge is 0.309 e. The number of aliphatic hydroxyl groups excluding tert-OH is 1. The van der Waals surface area contributed by atoms with Crippen molar-refractivity contribution in [2.24, 2.45) is 11.8 Å². The Bertz CT molecular complexity index is 1740. The molecule has 0 aromatic heterocycles. The van der Waals surface area contributed by atoms with Gasteiger partial charge in [-0.05, 0) is 66.1 Å². The number of hydrogen-bond donors (Lipinski definition) is 4. The zero-order valence-corrected chi connectivity index (χ0v) is 27.4. The van der Waals surface area contributed by atoms with Crippen LogP contribution in [0, 0.1) is 11.8 Å². The van der Waals surface area contributed by atoms with E-state index in [1.54, 1.807) is 6.07 Å². The number of benzene rings is 4. The van der Waals surface area contributed by atoms with Crippen molar-refractivity contribution < 1.29 is 29.0 Å². The monoisotopic (exact) mass is 661 g/mol. The topological polar surface area (TPSA) is 134 Å². The van der Waals surface area contributed by atoms with Gasteiger partial charge in [0.2, 0.25) is 11.8 Å². The SMILES string of the molecule is O=C(CC1CC=CCCC(Cc2ccccc2)C(=O)OCC(C(=O)Nc2ccc3ccccc3c2)NC1=O)NC(CO)Cc1ccccc1. The third-order valence-corrected chi connectivity index (χ3v) is 8.68. The Kier molecular flexibility index (Phi) is 12.7. The van der Waals surface area contributed by atoms with Gasteiger partial charge in [0.1, 0.15) is 12.6 Å². The van der Waals surface area contributed by atoms with Gasteiger partial charge in [-0.3, -0.25) is 19.2 Å². The first kappa shape index (κ1) is 35.0. The molecule has 1 aliphatic rings. The molecule has 0 saturated heterocycles. The molecule has 4 aromatic carbocycles. The summed E-state index contributed by atoms with van der Waals surface area (Å²) in [7, 11) is 0. The van der Waals surface area contributed by atoms with E-state index >= 15 is 0 Å². The van der Waals surface area contributed by atoms with E-state index in [1.165, 1.54) is 0 Å². The number of carbonyl (C=O) groups is 4. The number of amides is 3. The molecule has 4 aromatic rings. The first-order chi connectivity index (χ1) is 23.9. The van der Waals surface area contributed by atoms with Crippen LogP contribution in [0.1, 0.15) is 36.8 Å². The number of anilines is 1. The molecule has 4 atom stereocenters. The molecule has 254 valence electrons. The molecule has 0 fully saturated rings. The first-order valence-electron chi connectivity index (χ1n) is 16.8. The molecule has 9 heteroatoms. The standard InChI is InChI=1S/C40H43N3O6/c44-26-35(23-29-14-6-2-7-15-29)41-37(45)25-32-18-8-3-9-19-33(22-28-12-4-1-5-13-28)40(48)49-27-36(43-38(32)46)39(47)42-34-21-20-30-16-10-11-17-31(30)24-34/h1-8,10-17,20-21,24,32-33,35-36,44H,9,18-19,22-23,25-27H2,(H,41,45)(H,42,47)(H,43,46). The number of aliphatic hydroxyl groups is 1. The number of nitrogens with one attached hydrogen (secondary N) is 3. The summed E-state index contributed by atoms with van der Waals surface area (Å²) in [6.07, 6.45) is 5.86. The van der Waals surface area contributed by atoms with Crippen LogP contribution < -0.4 is 16.0 Å². The van der Waals surface area contributed by atoms with Gasteiger partial charge in [0.15, 0.2) is 0 Å². The quantitative estimate of drug-likeness (QED) is 0.138. The largest absolute Gasteiger partial charge is 0.463 e. The average Bonchev–Trinajstić information content (AvgIpc) is 3.13. The Hall–Kier alpha value is -5.28. The van der Waals surface area contributed by atoms with E-state index in [1.807, 2.05) is 109 Å². The number of esters is 1. The van der Waals surface area contributed by atoms with Gasteiger partial charge < -0.3 is 25.8 Å². The lowest BCUT2D eigenvalue weighted by molar-refractivity contribution is -0.150. The molecule has 0 bridgehead atoms. The molecule has 49 heavy (non-hydrogen) atoms. The second-order valence-electron chi connectivity index (χ2n) is 12.5. The number of fused-ring (bicyclic) bond motifs is 1. The number of ether oxygens (including phenoxy) is 1. The lowest BCUT2D eigenvalue weighted by Crippen LogP contribution is -2.50. The third-order valence-electron chi connectivity index (χ3n) is 8.68. The van der Waals surface area contributed by atoms with Crippen LogP contribution in [-0.4, -0.2) is 54.1 Å². The van der Waals surface area contributed by atoms with Crippen molar-refractivity contribution in [3.8, 4) is 0 Å². The second kappa shape index (κ2) is 17.8. The summed E-state index contributed by atoms with van der Waals surface area (Å²) in [5, 5.41) is 20.4. The Morgan fingerprint density at radius 3 is 2.27 bits per heavy atom. The normalized spacial score (nSPS) is 19.3. The minimum atomic E-state index is -1.21. The maximum Gasteiger partial charge on any atom is 0.309 e. The van der Waals surface area contributed by atoms with Crippen LogP contribution in [0.2, 0.25) is 0 Å². The summed E-state index contributed by atoms with van der Waals surface area (Å²) in [4.78, 5) is 54.0.